The van der Waals surface area contributed by atoms with Gasteiger partial charge in [-0.05, 0) is 24.3 Å². The molecule has 0 saturated heterocycles. The Morgan fingerprint density at radius 1 is 1.28 bits per heavy atom. The van der Waals surface area contributed by atoms with E-state index >= 15 is 0 Å². The minimum Gasteiger partial charge on any atom is -0.480 e. The van der Waals surface area contributed by atoms with E-state index in [4.69, 9.17) is 5.11 Å². The minimum absolute atomic E-state index is 0.277. The Balaban J connectivity index is 2.69. The van der Waals surface area contributed by atoms with Gasteiger partial charge in [-0.2, -0.15) is 0 Å². The number of carboxylic acids is 1. The van der Waals surface area contributed by atoms with E-state index < -0.39 is 49.5 Å². The van der Waals surface area contributed by atoms with Crippen molar-refractivity contribution in [1.29, 1.82) is 0 Å². The fourth-order valence-electron chi connectivity index (χ4n) is 2.05. The van der Waals surface area contributed by atoms with Gasteiger partial charge in [0.05, 0.1) is 10.6 Å². The van der Waals surface area contributed by atoms with Crippen molar-refractivity contribution in [3.8, 4) is 0 Å². The summed E-state index contributed by atoms with van der Waals surface area (Å²) in [5.74, 6) is -2.55. The molecule has 1 N–H and O–H groups in total. The Kier molecular flexibility index (Phi) is 5.38. The van der Waals surface area contributed by atoms with Gasteiger partial charge in [-0.25, -0.2) is 12.8 Å². The second kappa shape index (κ2) is 7.15. The van der Waals surface area contributed by atoms with Crippen molar-refractivity contribution >= 4 is 43.3 Å². The summed E-state index contributed by atoms with van der Waals surface area (Å²) in [7, 11) is -4.70. The van der Waals surface area contributed by atoms with E-state index in [1.54, 1.807) is 0 Å². The van der Waals surface area contributed by atoms with Gasteiger partial charge in [-0.3, -0.25) is 19.2 Å². The first-order chi connectivity index (χ1) is 11.6. The molecule has 11 heteroatoms. The minimum atomic E-state index is -4.70. The van der Waals surface area contributed by atoms with Crippen LogP contribution in [0.3, 0.4) is 0 Å². The third-order valence-electron chi connectivity index (χ3n) is 3.09. The Morgan fingerprint density at radius 2 is 1.92 bits per heavy atom. The van der Waals surface area contributed by atoms with Gasteiger partial charge in [0.1, 0.15) is 12.4 Å². The van der Waals surface area contributed by atoms with Gasteiger partial charge in [-0.1, -0.05) is 28.1 Å². The Bertz CT molecular complexity index is 950. The van der Waals surface area contributed by atoms with Crippen LogP contribution in [0.15, 0.2) is 51.8 Å². The number of hydrogen-bond donors (Lipinski definition) is 1. The zero-order chi connectivity index (χ0) is 18.8. The van der Waals surface area contributed by atoms with E-state index in [9.17, 15) is 27.7 Å². The van der Waals surface area contributed by atoms with E-state index in [0.29, 0.717) is 4.47 Å². The second-order valence-electron chi connectivity index (χ2n) is 4.73. The molecule has 0 bridgehead atoms. The maximum absolute atomic E-state index is 14.2. The van der Waals surface area contributed by atoms with Crippen LogP contribution in [0.25, 0.3) is 0 Å². The molecule has 132 valence electrons. The number of benzene rings is 2. The van der Waals surface area contributed by atoms with Crippen molar-refractivity contribution in [1.82, 2.24) is 0 Å². The number of sulfonamides is 1. The van der Waals surface area contributed by atoms with Gasteiger partial charge >= 0.3 is 5.97 Å². The first-order valence-corrected chi connectivity index (χ1v) is 8.81. The summed E-state index contributed by atoms with van der Waals surface area (Å²) in [6.07, 6.45) is 0. The van der Waals surface area contributed by atoms with Crippen molar-refractivity contribution in [3.63, 3.8) is 0 Å². The first kappa shape index (κ1) is 18.8. The van der Waals surface area contributed by atoms with E-state index in [0.717, 1.165) is 24.3 Å². The molecule has 0 aromatic heterocycles. The van der Waals surface area contributed by atoms with Crippen LogP contribution in [0.5, 0.6) is 0 Å². The Labute approximate surface area is 149 Å². The lowest BCUT2D eigenvalue weighted by Gasteiger charge is -2.23. The van der Waals surface area contributed by atoms with Crippen LogP contribution in [0, 0.1) is 15.9 Å². The van der Waals surface area contributed by atoms with Gasteiger partial charge in [0, 0.05) is 10.5 Å². The number of aliphatic carboxylic acids is 1. The van der Waals surface area contributed by atoms with Gasteiger partial charge in [0.2, 0.25) is 0 Å². The molecule has 0 fully saturated rings. The zero-order valence-corrected chi connectivity index (χ0v) is 14.7. The fourth-order valence-corrected chi connectivity index (χ4v) is 3.97. The lowest BCUT2D eigenvalue weighted by atomic mass is 10.3. The number of nitrogens with zero attached hydrogens (tertiary/aromatic N) is 2. The Morgan fingerprint density at radius 3 is 2.48 bits per heavy atom. The largest absolute Gasteiger partial charge is 0.480 e. The number of nitro groups is 1. The molecule has 0 saturated carbocycles. The van der Waals surface area contributed by atoms with Gasteiger partial charge in [0.25, 0.3) is 15.7 Å². The van der Waals surface area contributed by atoms with Crippen LogP contribution in [0.1, 0.15) is 0 Å². The van der Waals surface area contributed by atoms with E-state index in [2.05, 4.69) is 15.9 Å². The highest BCUT2D eigenvalue weighted by atomic mass is 79.9. The van der Waals surface area contributed by atoms with Crippen molar-refractivity contribution in [2.45, 2.75) is 4.90 Å². The SMILES string of the molecule is O=C(O)CN(c1ccc(Br)cc1F)S(=O)(=O)c1ccccc1[N+](=O)[O-]. The van der Waals surface area contributed by atoms with Crippen LogP contribution in [0.2, 0.25) is 0 Å². The topological polar surface area (TPSA) is 118 Å². The maximum atomic E-state index is 14.2. The van der Waals surface area contributed by atoms with Crippen molar-refractivity contribution in [3.05, 3.63) is 62.9 Å². The van der Waals surface area contributed by atoms with Crippen LogP contribution in [-0.2, 0) is 14.8 Å². The summed E-state index contributed by atoms with van der Waals surface area (Å²) in [5, 5.41) is 20.1. The highest BCUT2D eigenvalue weighted by Gasteiger charge is 2.34. The molecule has 0 spiro atoms. The third-order valence-corrected chi connectivity index (χ3v) is 5.39. The monoisotopic (exact) mass is 432 g/mol. The third kappa shape index (κ3) is 3.94. The summed E-state index contributed by atoms with van der Waals surface area (Å²) in [6.45, 7) is -1.10. The van der Waals surface area contributed by atoms with Crippen molar-refractivity contribution in [2.24, 2.45) is 0 Å². The predicted octanol–water partition coefficient (Wildman–Crippen LogP) is 2.78. The zero-order valence-electron chi connectivity index (χ0n) is 12.3. The molecule has 0 aliphatic carbocycles. The summed E-state index contributed by atoms with van der Waals surface area (Å²) in [5.41, 5.74) is -1.28. The fraction of sp³-hybridized carbons (Fsp3) is 0.0714. The number of para-hydroxylation sites is 1. The van der Waals surface area contributed by atoms with Gasteiger partial charge in [0.15, 0.2) is 4.90 Å². The number of carbonyl (C=O) groups is 1. The second-order valence-corrected chi connectivity index (χ2v) is 7.47. The molecule has 25 heavy (non-hydrogen) atoms. The molecule has 0 atom stereocenters. The number of carboxylic acid groups (broad SMARTS) is 1. The lowest BCUT2D eigenvalue weighted by Crippen LogP contribution is -2.36. The summed E-state index contributed by atoms with van der Waals surface area (Å²) in [6, 6.07) is 7.77. The van der Waals surface area contributed by atoms with Crippen molar-refractivity contribution in [2.75, 3.05) is 10.8 Å². The number of rotatable bonds is 6. The molecule has 0 aliphatic heterocycles. The molecule has 0 radical (unpaired) electrons. The highest BCUT2D eigenvalue weighted by molar-refractivity contribution is 9.10. The number of hydrogen-bond acceptors (Lipinski definition) is 5. The predicted molar refractivity (Wildman–Crippen MR) is 89.4 cm³/mol. The molecule has 8 nitrogen and oxygen atoms in total. The molecule has 2 aromatic rings. The first-order valence-electron chi connectivity index (χ1n) is 6.57. The molecule has 2 rings (SSSR count). The maximum Gasteiger partial charge on any atom is 0.324 e. The molecule has 0 aliphatic rings. The smallest absolute Gasteiger partial charge is 0.324 e. The normalized spacial score (nSPS) is 11.1. The van der Waals surface area contributed by atoms with Crippen LogP contribution < -0.4 is 4.31 Å². The Hall–Kier alpha value is -2.53. The quantitative estimate of drug-likeness (QED) is 0.553. The molecule has 0 heterocycles. The summed E-state index contributed by atoms with van der Waals surface area (Å²) >= 11 is 3.01. The van der Waals surface area contributed by atoms with E-state index in [1.165, 1.54) is 18.2 Å². The average molecular weight is 433 g/mol. The van der Waals surface area contributed by atoms with Gasteiger partial charge < -0.3 is 5.11 Å². The molecular weight excluding hydrogens is 423 g/mol. The van der Waals surface area contributed by atoms with Crippen LogP contribution in [-0.4, -0.2) is 31.0 Å². The number of halogens is 2. The summed E-state index contributed by atoms with van der Waals surface area (Å²) < 4.78 is 40.4. The molecule has 2 aromatic carbocycles. The van der Waals surface area contributed by atoms with Gasteiger partial charge in [-0.15, -0.1) is 0 Å². The standard InChI is InChI=1S/C14H10BrFN2O6S/c15-9-5-6-11(10(16)7-9)17(8-14(19)20)25(23,24)13-4-2-1-3-12(13)18(21)22/h1-7H,8H2,(H,19,20). The molecular formula is C14H10BrFN2O6S. The van der Waals surface area contributed by atoms with Crippen LogP contribution >= 0.6 is 15.9 Å². The number of anilines is 1. The number of nitro benzene ring substituents is 1. The van der Waals surface area contributed by atoms with Crippen molar-refractivity contribution < 1.29 is 27.6 Å². The molecule has 0 unspecified atom stereocenters. The highest BCUT2D eigenvalue weighted by Crippen LogP contribution is 2.32. The van der Waals surface area contributed by atoms with E-state index in [-0.39, 0.29) is 4.31 Å². The van der Waals surface area contributed by atoms with E-state index in [1.807, 2.05) is 0 Å². The summed E-state index contributed by atoms with van der Waals surface area (Å²) in [4.78, 5) is 20.5. The average Bonchev–Trinajstić information content (AvgIpc) is 2.53. The lowest BCUT2D eigenvalue weighted by molar-refractivity contribution is -0.387. The van der Waals surface area contributed by atoms with Crippen LogP contribution in [0.4, 0.5) is 15.8 Å². The molecule has 0 amide bonds.